The molecule has 0 spiro atoms. The van der Waals surface area contributed by atoms with Gasteiger partial charge in [-0.15, -0.1) is 0 Å². The van der Waals surface area contributed by atoms with E-state index in [9.17, 15) is 9.59 Å². The molecule has 0 aliphatic carbocycles. The molecular formula is C18H21ClN4O3. The Kier molecular flexibility index (Phi) is 6.15. The van der Waals surface area contributed by atoms with Gasteiger partial charge in [0, 0.05) is 29.5 Å². The average molecular weight is 377 g/mol. The van der Waals surface area contributed by atoms with Crippen molar-refractivity contribution in [3.63, 3.8) is 0 Å². The highest BCUT2D eigenvalue weighted by molar-refractivity contribution is 6.30. The molecule has 2 rings (SSSR count). The molecule has 0 fully saturated rings. The highest BCUT2D eigenvalue weighted by Crippen LogP contribution is 2.23. The largest absolute Gasteiger partial charge is 0.444 e. The monoisotopic (exact) mass is 376 g/mol. The van der Waals surface area contributed by atoms with Crippen LogP contribution in [0.25, 0.3) is 11.4 Å². The molecule has 7 nitrogen and oxygen atoms in total. The van der Waals surface area contributed by atoms with Gasteiger partial charge in [-0.3, -0.25) is 9.69 Å². The van der Waals surface area contributed by atoms with Crippen molar-refractivity contribution in [2.45, 2.75) is 32.9 Å². The molecule has 1 aromatic carbocycles. The van der Waals surface area contributed by atoms with Gasteiger partial charge in [0.25, 0.3) is 0 Å². The molecule has 1 aromatic heterocycles. The summed E-state index contributed by atoms with van der Waals surface area (Å²) in [6.07, 6.45) is 2.63. The first kappa shape index (κ1) is 19.7. The summed E-state index contributed by atoms with van der Waals surface area (Å²) < 4.78 is 5.34. The second-order valence-corrected chi connectivity index (χ2v) is 7.16. The molecule has 0 aliphatic heterocycles. The number of rotatable bonds is 5. The first-order valence-electron chi connectivity index (χ1n) is 7.97. The third-order valence-corrected chi connectivity index (χ3v) is 3.37. The van der Waals surface area contributed by atoms with Crippen molar-refractivity contribution in [1.29, 1.82) is 0 Å². The summed E-state index contributed by atoms with van der Waals surface area (Å²) in [5.74, 6) is -0.125. The number of primary amides is 1. The number of ether oxygens (including phenoxy) is 1. The Morgan fingerprint density at radius 2 is 1.85 bits per heavy atom. The molecule has 2 N–H and O–H groups in total. The first-order valence-corrected chi connectivity index (χ1v) is 8.35. The summed E-state index contributed by atoms with van der Waals surface area (Å²) in [5.41, 5.74) is 5.98. The van der Waals surface area contributed by atoms with Gasteiger partial charge >= 0.3 is 6.09 Å². The molecule has 138 valence electrons. The highest BCUT2D eigenvalue weighted by atomic mass is 35.5. The van der Waals surface area contributed by atoms with Crippen LogP contribution in [-0.4, -0.2) is 39.0 Å². The van der Waals surface area contributed by atoms with Crippen molar-refractivity contribution in [1.82, 2.24) is 14.9 Å². The third kappa shape index (κ3) is 6.00. The van der Waals surface area contributed by atoms with Crippen LogP contribution in [0.15, 0.2) is 36.7 Å². The number of nitrogens with zero attached hydrogens (tertiary/aromatic N) is 3. The number of nitrogens with two attached hydrogens (primary N) is 1. The molecule has 0 bridgehead atoms. The van der Waals surface area contributed by atoms with Crippen molar-refractivity contribution in [3.05, 3.63) is 47.2 Å². The minimum absolute atomic E-state index is 0.109. The molecule has 0 saturated carbocycles. The maximum absolute atomic E-state index is 12.4. The van der Waals surface area contributed by atoms with Crippen molar-refractivity contribution in [2.75, 3.05) is 6.54 Å². The second-order valence-electron chi connectivity index (χ2n) is 6.72. The van der Waals surface area contributed by atoms with Crippen LogP contribution in [0, 0.1) is 0 Å². The fourth-order valence-electron chi connectivity index (χ4n) is 2.24. The van der Waals surface area contributed by atoms with Gasteiger partial charge in [-0.1, -0.05) is 11.6 Å². The van der Waals surface area contributed by atoms with Crippen LogP contribution in [0.2, 0.25) is 5.02 Å². The zero-order chi connectivity index (χ0) is 19.3. The molecular weight excluding hydrogens is 356 g/mol. The van der Waals surface area contributed by atoms with E-state index in [1.807, 2.05) is 0 Å². The maximum atomic E-state index is 12.4. The van der Waals surface area contributed by atoms with E-state index in [0.717, 1.165) is 0 Å². The number of aromatic nitrogens is 2. The van der Waals surface area contributed by atoms with E-state index in [-0.39, 0.29) is 13.1 Å². The summed E-state index contributed by atoms with van der Waals surface area (Å²) in [6, 6.07) is 6.95. The van der Waals surface area contributed by atoms with Gasteiger partial charge in [-0.05, 0) is 50.6 Å². The first-order chi connectivity index (χ1) is 12.1. The summed E-state index contributed by atoms with van der Waals surface area (Å²) in [6.45, 7) is 5.09. The summed E-state index contributed by atoms with van der Waals surface area (Å²) in [5, 5.41) is 0.466. The van der Waals surface area contributed by atoms with Crippen LogP contribution < -0.4 is 5.73 Å². The van der Waals surface area contributed by atoms with Crippen LogP contribution in [0.3, 0.4) is 0 Å². The topological polar surface area (TPSA) is 98.4 Å². The van der Waals surface area contributed by atoms with Gasteiger partial charge in [-0.25, -0.2) is 14.8 Å². The smallest absolute Gasteiger partial charge is 0.411 e. The molecule has 1 heterocycles. The number of carbonyl (C=O) groups is 2. The summed E-state index contributed by atoms with van der Waals surface area (Å²) in [4.78, 5) is 33.3. The quantitative estimate of drug-likeness (QED) is 0.864. The Balaban J connectivity index is 2.28. The van der Waals surface area contributed by atoms with Gasteiger partial charge < -0.3 is 10.5 Å². The lowest BCUT2D eigenvalue weighted by molar-refractivity contribution is -0.119. The Hall–Kier alpha value is -2.67. The standard InChI is InChI=1S/C18H21ClN4O3/c1-18(2,3)26-17(25)23(11-15(20)24)10-12-7-13(9-14(19)8-12)16-21-5-4-6-22-16/h4-9H,10-11H2,1-3H3,(H2,20,24). The molecule has 2 aromatic rings. The molecule has 0 saturated heterocycles. The lowest BCUT2D eigenvalue weighted by Gasteiger charge is -2.26. The van der Waals surface area contributed by atoms with E-state index in [4.69, 9.17) is 22.1 Å². The predicted molar refractivity (Wildman–Crippen MR) is 98.3 cm³/mol. The fourth-order valence-corrected chi connectivity index (χ4v) is 2.50. The molecule has 8 heteroatoms. The number of hydrogen-bond donors (Lipinski definition) is 1. The minimum Gasteiger partial charge on any atom is -0.444 e. The molecule has 0 atom stereocenters. The number of hydrogen-bond acceptors (Lipinski definition) is 5. The number of halogens is 1. The SMILES string of the molecule is CC(C)(C)OC(=O)N(CC(N)=O)Cc1cc(Cl)cc(-c2ncccn2)c1. The lowest BCUT2D eigenvalue weighted by Crippen LogP contribution is -2.41. The van der Waals surface area contributed by atoms with Gasteiger partial charge in [-0.2, -0.15) is 0 Å². The summed E-state index contributed by atoms with van der Waals surface area (Å²) >= 11 is 6.19. The van der Waals surface area contributed by atoms with Crippen LogP contribution in [0.4, 0.5) is 4.79 Å². The van der Waals surface area contributed by atoms with Crippen molar-refractivity contribution >= 4 is 23.6 Å². The number of carbonyl (C=O) groups excluding carboxylic acids is 2. The molecule has 0 radical (unpaired) electrons. The molecule has 0 unspecified atom stereocenters. The lowest BCUT2D eigenvalue weighted by atomic mass is 10.1. The Labute approximate surface area is 157 Å². The van der Waals surface area contributed by atoms with Gasteiger partial charge in [0.15, 0.2) is 5.82 Å². The zero-order valence-electron chi connectivity index (χ0n) is 14.9. The van der Waals surface area contributed by atoms with E-state index in [2.05, 4.69) is 9.97 Å². The van der Waals surface area contributed by atoms with Crippen LogP contribution in [-0.2, 0) is 16.1 Å². The van der Waals surface area contributed by atoms with E-state index < -0.39 is 17.6 Å². The van der Waals surface area contributed by atoms with E-state index in [1.165, 1.54) is 4.90 Å². The molecule has 0 aliphatic rings. The van der Waals surface area contributed by atoms with E-state index in [1.54, 1.807) is 57.4 Å². The van der Waals surface area contributed by atoms with Crippen LogP contribution in [0.1, 0.15) is 26.3 Å². The maximum Gasteiger partial charge on any atom is 0.411 e. The third-order valence-electron chi connectivity index (χ3n) is 3.15. The summed E-state index contributed by atoms with van der Waals surface area (Å²) in [7, 11) is 0. The van der Waals surface area contributed by atoms with Crippen molar-refractivity contribution in [3.8, 4) is 11.4 Å². The predicted octanol–water partition coefficient (Wildman–Crippen LogP) is 3.02. The second kappa shape index (κ2) is 8.14. The zero-order valence-corrected chi connectivity index (χ0v) is 15.7. The fraction of sp³-hybridized carbons (Fsp3) is 0.333. The van der Waals surface area contributed by atoms with Crippen molar-refractivity contribution in [2.24, 2.45) is 5.73 Å². The van der Waals surface area contributed by atoms with Crippen molar-refractivity contribution < 1.29 is 14.3 Å². The van der Waals surface area contributed by atoms with Crippen LogP contribution >= 0.6 is 11.6 Å². The van der Waals surface area contributed by atoms with Gasteiger partial charge in [0.2, 0.25) is 5.91 Å². The number of amides is 2. The Morgan fingerprint density at radius 1 is 1.19 bits per heavy atom. The van der Waals surface area contributed by atoms with Gasteiger partial charge in [0.05, 0.1) is 0 Å². The van der Waals surface area contributed by atoms with E-state index >= 15 is 0 Å². The Morgan fingerprint density at radius 3 is 2.42 bits per heavy atom. The van der Waals surface area contributed by atoms with Crippen LogP contribution in [0.5, 0.6) is 0 Å². The molecule has 2 amide bonds. The normalized spacial score (nSPS) is 11.1. The number of benzene rings is 1. The van der Waals surface area contributed by atoms with Gasteiger partial charge in [0.1, 0.15) is 12.1 Å². The minimum atomic E-state index is -0.690. The highest BCUT2D eigenvalue weighted by Gasteiger charge is 2.24. The Bertz CT molecular complexity index is 791. The average Bonchev–Trinajstić information content (AvgIpc) is 2.52. The molecule has 26 heavy (non-hydrogen) atoms. The van der Waals surface area contributed by atoms with E-state index in [0.29, 0.717) is 22.0 Å².